The van der Waals surface area contributed by atoms with E-state index < -0.39 is 0 Å². The van der Waals surface area contributed by atoms with Gasteiger partial charge in [0.15, 0.2) is 0 Å². The number of ether oxygens (including phenoxy) is 1. The molecule has 0 aliphatic carbocycles. The maximum Gasteiger partial charge on any atom is 0.248 e. The summed E-state index contributed by atoms with van der Waals surface area (Å²) in [6.07, 6.45) is 3.29. The Labute approximate surface area is 130 Å². The number of carbonyl (C=O) groups is 1. The van der Waals surface area contributed by atoms with Gasteiger partial charge in [0.25, 0.3) is 0 Å². The SMILES string of the molecule is CC(C)Oc1cccc(/C=C/C(=O)Nc2ccc(O)cc2)c1. The fourth-order valence-electron chi connectivity index (χ4n) is 1.86. The Bertz CT molecular complexity index is 660. The van der Waals surface area contributed by atoms with Crippen molar-refractivity contribution in [2.24, 2.45) is 0 Å². The highest BCUT2D eigenvalue weighted by Gasteiger charge is 2.00. The maximum absolute atomic E-state index is 11.8. The molecule has 0 saturated carbocycles. The lowest BCUT2D eigenvalue weighted by Crippen LogP contribution is -2.07. The molecule has 0 bridgehead atoms. The number of phenolic OH excluding ortho intramolecular Hbond substituents is 1. The normalized spacial score (nSPS) is 10.9. The van der Waals surface area contributed by atoms with Gasteiger partial charge in [0.1, 0.15) is 11.5 Å². The number of carbonyl (C=O) groups excluding carboxylic acids is 1. The Morgan fingerprint density at radius 2 is 1.91 bits per heavy atom. The summed E-state index contributed by atoms with van der Waals surface area (Å²) in [6.45, 7) is 3.93. The molecular formula is C18H19NO3. The maximum atomic E-state index is 11.8. The molecule has 4 nitrogen and oxygen atoms in total. The fraction of sp³-hybridized carbons (Fsp3) is 0.167. The van der Waals surface area contributed by atoms with Crippen molar-refractivity contribution in [3.05, 3.63) is 60.2 Å². The van der Waals surface area contributed by atoms with E-state index in [1.54, 1.807) is 18.2 Å². The molecule has 0 aliphatic rings. The third kappa shape index (κ3) is 4.98. The number of anilines is 1. The quantitative estimate of drug-likeness (QED) is 0.651. The molecule has 4 heteroatoms. The minimum absolute atomic E-state index is 0.108. The number of aromatic hydroxyl groups is 1. The van der Waals surface area contributed by atoms with Crippen molar-refractivity contribution < 1.29 is 14.6 Å². The van der Waals surface area contributed by atoms with E-state index in [9.17, 15) is 9.90 Å². The van der Waals surface area contributed by atoms with Crippen LogP contribution < -0.4 is 10.1 Å². The van der Waals surface area contributed by atoms with Crippen molar-refractivity contribution in [3.63, 3.8) is 0 Å². The summed E-state index contributed by atoms with van der Waals surface area (Å²) in [5.41, 5.74) is 1.52. The first kappa shape index (κ1) is 15.6. The van der Waals surface area contributed by atoms with Crippen LogP contribution in [-0.2, 0) is 4.79 Å². The van der Waals surface area contributed by atoms with Gasteiger partial charge in [-0.15, -0.1) is 0 Å². The molecule has 0 atom stereocenters. The van der Waals surface area contributed by atoms with E-state index in [0.29, 0.717) is 5.69 Å². The van der Waals surface area contributed by atoms with E-state index in [4.69, 9.17) is 4.74 Å². The van der Waals surface area contributed by atoms with Crippen LogP contribution in [0.25, 0.3) is 6.08 Å². The molecule has 0 saturated heterocycles. The van der Waals surface area contributed by atoms with Crippen LogP contribution in [0.15, 0.2) is 54.6 Å². The third-order valence-corrected chi connectivity index (χ3v) is 2.79. The monoisotopic (exact) mass is 297 g/mol. The molecule has 0 radical (unpaired) electrons. The standard InChI is InChI=1S/C18H19NO3/c1-13(2)22-17-5-3-4-14(12-17)6-11-18(21)19-15-7-9-16(20)10-8-15/h3-13,20H,1-2H3,(H,19,21)/b11-6+. The average molecular weight is 297 g/mol. The predicted molar refractivity (Wildman–Crippen MR) is 88.0 cm³/mol. The summed E-state index contributed by atoms with van der Waals surface area (Å²) in [6, 6.07) is 13.9. The molecule has 0 fully saturated rings. The molecule has 2 aromatic carbocycles. The van der Waals surface area contributed by atoms with Crippen molar-refractivity contribution in [1.82, 2.24) is 0 Å². The zero-order valence-electron chi connectivity index (χ0n) is 12.6. The van der Waals surface area contributed by atoms with Crippen molar-refractivity contribution in [2.45, 2.75) is 20.0 Å². The molecule has 1 amide bonds. The fourth-order valence-corrected chi connectivity index (χ4v) is 1.86. The average Bonchev–Trinajstić information content (AvgIpc) is 2.47. The number of phenols is 1. The Balaban J connectivity index is 1.98. The van der Waals surface area contributed by atoms with Crippen LogP contribution in [0.2, 0.25) is 0 Å². The Kier molecular flexibility index (Phi) is 5.20. The van der Waals surface area contributed by atoms with E-state index in [1.165, 1.54) is 18.2 Å². The summed E-state index contributed by atoms with van der Waals surface area (Å²) in [7, 11) is 0. The first-order valence-corrected chi connectivity index (χ1v) is 7.08. The van der Waals surface area contributed by atoms with Gasteiger partial charge in [-0.05, 0) is 61.9 Å². The van der Waals surface area contributed by atoms with Crippen LogP contribution in [0.5, 0.6) is 11.5 Å². The summed E-state index contributed by atoms with van der Waals surface area (Å²) in [4.78, 5) is 11.8. The number of hydrogen-bond acceptors (Lipinski definition) is 3. The molecule has 2 N–H and O–H groups in total. The van der Waals surface area contributed by atoms with Crippen molar-refractivity contribution in [2.75, 3.05) is 5.32 Å². The molecule has 22 heavy (non-hydrogen) atoms. The van der Waals surface area contributed by atoms with Crippen LogP contribution in [-0.4, -0.2) is 17.1 Å². The Morgan fingerprint density at radius 1 is 1.18 bits per heavy atom. The molecule has 0 heterocycles. The largest absolute Gasteiger partial charge is 0.508 e. The van der Waals surface area contributed by atoms with Gasteiger partial charge >= 0.3 is 0 Å². The smallest absolute Gasteiger partial charge is 0.248 e. The van der Waals surface area contributed by atoms with Gasteiger partial charge in [0.05, 0.1) is 6.10 Å². The highest BCUT2D eigenvalue weighted by Crippen LogP contribution is 2.16. The topological polar surface area (TPSA) is 58.6 Å². The van der Waals surface area contributed by atoms with Gasteiger partial charge in [-0.1, -0.05) is 12.1 Å². The first-order chi connectivity index (χ1) is 10.5. The Hall–Kier alpha value is -2.75. The molecule has 0 unspecified atom stereocenters. The van der Waals surface area contributed by atoms with Gasteiger partial charge in [0.2, 0.25) is 5.91 Å². The van der Waals surface area contributed by atoms with Crippen molar-refractivity contribution in [1.29, 1.82) is 0 Å². The minimum Gasteiger partial charge on any atom is -0.508 e. The molecule has 0 aliphatic heterocycles. The number of nitrogens with one attached hydrogen (secondary N) is 1. The minimum atomic E-state index is -0.235. The van der Waals surface area contributed by atoms with E-state index in [1.807, 2.05) is 38.1 Å². The second-order valence-electron chi connectivity index (χ2n) is 5.11. The summed E-state index contributed by atoms with van der Waals surface area (Å²) < 4.78 is 5.61. The highest BCUT2D eigenvalue weighted by molar-refractivity contribution is 6.01. The van der Waals surface area contributed by atoms with Crippen LogP contribution >= 0.6 is 0 Å². The van der Waals surface area contributed by atoms with Crippen molar-refractivity contribution in [3.8, 4) is 11.5 Å². The molecular weight excluding hydrogens is 278 g/mol. The molecule has 114 valence electrons. The highest BCUT2D eigenvalue weighted by atomic mass is 16.5. The van der Waals surface area contributed by atoms with Gasteiger partial charge in [0, 0.05) is 11.8 Å². The molecule has 2 aromatic rings. The molecule has 2 rings (SSSR count). The lowest BCUT2D eigenvalue weighted by molar-refractivity contribution is -0.111. The summed E-state index contributed by atoms with van der Waals surface area (Å²) >= 11 is 0. The van der Waals surface area contributed by atoms with E-state index >= 15 is 0 Å². The van der Waals surface area contributed by atoms with Crippen LogP contribution in [0.4, 0.5) is 5.69 Å². The number of rotatable bonds is 5. The van der Waals surface area contributed by atoms with Gasteiger partial charge in [-0.25, -0.2) is 0 Å². The van der Waals surface area contributed by atoms with Gasteiger partial charge in [-0.2, -0.15) is 0 Å². The van der Waals surface area contributed by atoms with E-state index in [2.05, 4.69) is 5.32 Å². The molecule has 0 spiro atoms. The lowest BCUT2D eigenvalue weighted by atomic mass is 10.2. The van der Waals surface area contributed by atoms with E-state index in [-0.39, 0.29) is 17.8 Å². The van der Waals surface area contributed by atoms with Gasteiger partial charge < -0.3 is 15.2 Å². The summed E-state index contributed by atoms with van der Waals surface area (Å²) in [5, 5.41) is 11.9. The van der Waals surface area contributed by atoms with Crippen LogP contribution in [0, 0.1) is 0 Å². The zero-order valence-corrected chi connectivity index (χ0v) is 12.6. The zero-order chi connectivity index (χ0) is 15.9. The second-order valence-corrected chi connectivity index (χ2v) is 5.11. The predicted octanol–water partition coefficient (Wildman–Crippen LogP) is 3.83. The van der Waals surface area contributed by atoms with E-state index in [0.717, 1.165) is 11.3 Å². The Morgan fingerprint density at radius 3 is 2.59 bits per heavy atom. The van der Waals surface area contributed by atoms with Crippen LogP contribution in [0.1, 0.15) is 19.4 Å². The van der Waals surface area contributed by atoms with Gasteiger partial charge in [-0.3, -0.25) is 4.79 Å². The van der Waals surface area contributed by atoms with Crippen LogP contribution in [0.3, 0.4) is 0 Å². The number of amides is 1. The number of hydrogen-bond donors (Lipinski definition) is 2. The summed E-state index contributed by atoms with van der Waals surface area (Å²) in [5.74, 6) is 0.701. The second kappa shape index (κ2) is 7.31. The number of benzene rings is 2. The molecule has 0 aromatic heterocycles. The first-order valence-electron chi connectivity index (χ1n) is 7.08. The third-order valence-electron chi connectivity index (χ3n) is 2.79. The lowest BCUT2D eigenvalue weighted by Gasteiger charge is -2.09. The van der Waals surface area contributed by atoms with Crippen molar-refractivity contribution >= 4 is 17.7 Å².